The minimum absolute atomic E-state index is 0.0286. The molecule has 0 radical (unpaired) electrons. The van der Waals surface area contributed by atoms with E-state index in [1.54, 1.807) is 0 Å². The van der Waals surface area contributed by atoms with Crippen LogP contribution in [0.15, 0.2) is 57.9 Å². The zero-order valence-corrected chi connectivity index (χ0v) is 19.2. The average Bonchev–Trinajstić information content (AvgIpc) is 3.02. The van der Waals surface area contributed by atoms with Gasteiger partial charge in [0.25, 0.3) is 5.91 Å². The molecule has 1 saturated carbocycles. The van der Waals surface area contributed by atoms with Crippen molar-refractivity contribution in [3.63, 3.8) is 0 Å². The Morgan fingerprint density at radius 1 is 1.14 bits per heavy atom. The third-order valence-electron chi connectivity index (χ3n) is 5.26. The number of rotatable bonds is 5. The van der Waals surface area contributed by atoms with Crippen LogP contribution in [0.1, 0.15) is 43.2 Å². The number of hydrogen-bond donors (Lipinski definition) is 0. The van der Waals surface area contributed by atoms with Crippen molar-refractivity contribution in [1.29, 1.82) is 0 Å². The minimum atomic E-state index is 0.0286. The molecule has 1 heterocycles. The van der Waals surface area contributed by atoms with Gasteiger partial charge in [0.05, 0.1) is 4.91 Å². The molecule has 2 aromatic carbocycles. The molecule has 2 fully saturated rings. The molecular weight excluding hydrogens is 466 g/mol. The average molecular weight is 488 g/mol. The lowest BCUT2D eigenvalue weighted by Gasteiger charge is -2.29. The minimum Gasteiger partial charge on any atom is -0.488 e. The maximum absolute atomic E-state index is 13.1. The van der Waals surface area contributed by atoms with Gasteiger partial charge in [-0.3, -0.25) is 9.69 Å². The number of benzene rings is 2. The van der Waals surface area contributed by atoms with Crippen LogP contribution >= 0.6 is 39.9 Å². The summed E-state index contributed by atoms with van der Waals surface area (Å²) >= 11 is 10.5. The predicted molar refractivity (Wildman–Crippen MR) is 127 cm³/mol. The molecule has 4 rings (SSSR count). The van der Waals surface area contributed by atoms with Gasteiger partial charge in [-0.25, -0.2) is 0 Å². The van der Waals surface area contributed by atoms with E-state index in [-0.39, 0.29) is 11.9 Å². The number of thiocarbonyl (C=S) groups is 1. The number of amides is 1. The van der Waals surface area contributed by atoms with Crippen LogP contribution in [0.5, 0.6) is 5.75 Å². The number of halogens is 1. The van der Waals surface area contributed by atoms with Crippen LogP contribution in [-0.4, -0.2) is 21.2 Å². The number of carbonyl (C=O) groups excluding carboxylic acids is 1. The molecule has 29 heavy (non-hydrogen) atoms. The molecule has 6 heteroatoms. The van der Waals surface area contributed by atoms with E-state index in [1.165, 1.54) is 31.0 Å². The van der Waals surface area contributed by atoms with Crippen molar-refractivity contribution in [3.8, 4) is 5.75 Å². The number of hydrogen-bond acceptors (Lipinski definition) is 4. The Kier molecular flexibility index (Phi) is 6.73. The van der Waals surface area contributed by atoms with Crippen LogP contribution in [0.25, 0.3) is 6.08 Å². The van der Waals surface area contributed by atoms with Crippen LogP contribution in [-0.2, 0) is 11.4 Å². The van der Waals surface area contributed by atoms with Gasteiger partial charge in [0.15, 0.2) is 0 Å². The summed E-state index contributed by atoms with van der Waals surface area (Å²) in [5.74, 6) is 0.779. The highest BCUT2D eigenvalue weighted by molar-refractivity contribution is 9.10. The topological polar surface area (TPSA) is 29.5 Å². The fourth-order valence-electron chi connectivity index (χ4n) is 3.77. The molecule has 1 amide bonds. The quantitative estimate of drug-likeness (QED) is 0.352. The van der Waals surface area contributed by atoms with Crippen molar-refractivity contribution < 1.29 is 9.53 Å². The molecule has 2 aliphatic rings. The molecule has 1 aliphatic heterocycles. The molecule has 0 spiro atoms. The first-order chi connectivity index (χ1) is 14.1. The second-order valence-electron chi connectivity index (χ2n) is 7.30. The molecule has 0 bridgehead atoms. The van der Waals surface area contributed by atoms with Crippen LogP contribution in [0.3, 0.4) is 0 Å². The Bertz CT molecular complexity index is 939. The van der Waals surface area contributed by atoms with E-state index in [9.17, 15) is 4.79 Å². The maximum Gasteiger partial charge on any atom is 0.266 e. The van der Waals surface area contributed by atoms with E-state index >= 15 is 0 Å². The fraction of sp³-hybridized carbons (Fsp3) is 0.304. The van der Waals surface area contributed by atoms with Gasteiger partial charge in [0.2, 0.25) is 0 Å². The first-order valence-corrected chi connectivity index (χ1v) is 11.9. The van der Waals surface area contributed by atoms with E-state index in [2.05, 4.69) is 15.9 Å². The summed E-state index contributed by atoms with van der Waals surface area (Å²) < 4.78 is 7.68. The third-order valence-corrected chi connectivity index (χ3v) is 7.08. The first kappa shape index (κ1) is 20.6. The number of nitrogens with zero attached hydrogens (tertiary/aromatic N) is 1. The molecule has 3 nitrogen and oxygen atoms in total. The van der Waals surface area contributed by atoms with Gasteiger partial charge in [-0.1, -0.05) is 89.5 Å². The van der Waals surface area contributed by atoms with Crippen molar-refractivity contribution in [3.05, 3.63) is 69.0 Å². The molecule has 1 aliphatic carbocycles. The monoisotopic (exact) mass is 487 g/mol. The molecule has 0 atom stereocenters. The Balaban J connectivity index is 1.56. The van der Waals surface area contributed by atoms with Crippen molar-refractivity contribution in [2.75, 3.05) is 0 Å². The summed E-state index contributed by atoms with van der Waals surface area (Å²) in [7, 11) is 0. The Hall–Kier alpha value is -1.63. The molecule has 150 valence electrons. The Labute approximate surface area is 189 Å². The third kappa shape index (κ3) is 4.93. The standard InChI is InChI=1S/C23H22BrNO2S2/c24-18-11-12-20(27-15-16-7-3-1-4-8-16)17(13-18)14-21-22(26)25(23(28)29-21)19-9-5-2-6-10-19/h1,3-4,7-8,11-14,19H,2,5-6,9-10,15H2/b21-14-. The summed E-state index contributed by atoms with van der Waals surface area (Å²) in [6.45, 7) is 0.479. The molecular formula is C23H22BrNO2S2. The highest BCUT2D eigenvalue weighted by Gasteiger charge is 2.37. The van der Waals surface area contributed by atoms with E-state index in [0.29, 0.717) is 15.8 Å². The largest absolute Gasteiger partial charge is 0.488 e. The lowest BCUT2D eigenvalue weighted by atomic mass is 9.94. The molecule has 0 aromatic heterocycles. The lowest BCUT2D eigenvalue weighted by molar-refractivity contribution is -0.124. The van der Waals surface area contributed by atoms with Crippen molar-refractivity contribution in [2.45, 2.75) is 44.8 Å². The summed E-state index contributed by atoms with van der Waals surface area (Å²) in [5.41, 5.74) is 1.98. The van der Waals surface area contributed by atoms with E-state index in [4.69, 9.17) is 17.0 Å². The van der Waals surface area contributed by atoms with Gasteiger partial charge < -0.3 is 4.74 Å². The van der Waals surface area contributed by atoms with Crippen LogP contribution in [0.4, 0.5) is 0 Å². The predicted octanol–water partition coefficient (Wildman–Crippen LogP) is 6.56. The van der Waals surface area contributed by atoms with E-state index in [1.807, 2.05) is 59.5 Å². The van der Waals surface area contributed by atoms with Gasteiger partial charge in [-0.15, -0.1) is 0 Å². The lowest BCUT2D eigenvalue weighted by Crippen LogP contribution is -2.39. The fourth-order valence-corrected chi connectivity index (χ4v) is 5.54. The smallest absolute Gasteiger partial charge is 0.266 e. The first-order valence-electron chi connectivity index (χ1n) is 9.85. The maximum atomic E-state index is 13.1. The zero-order chi connectivity index (χ0) is 20.2. The highest BCUT2D eigenvalue weighted by atomic mass is 79.9. The summed E-state index contributed by atoms with van der Waals surface area (Å²) in [6, 6.07) is 16.2. The summed E-state index contributed by atoms with van der Waals surface area (Å²) in [4.78, 5) is 15.6. The zero-order valence-electron chi connectivity index (χ0n) is 16.0. The SMILES string of the molecule is O=C1/C(=C/c2cc(Br)ccc2OCc2ccccc2)SC(=S)N1C1CCCCC1. The van der Waals surface area contributed by atoms with Gasteiger partial charge >= 0.3 is 0 Å². The van der Waals surface area contributed by atoms with Gasteiger partial charge in [0, 0.05) is 16.1 Å². The molecule has 2 aromatic rings. The number of thioether (sulfide) groups is 1. The second-order valence-corrected chi connectivity index (χ2v) is 9.89. The Morgan fingerprint density at radius 3 is 2.66 bits per heavy atom. The number of carbonyl (C=O) groups is 1. The highest BCUT2D eigenvalue weighted by Crippen LogP contribution is 2.38. The Morgan fingerprint density at radius 2 is 1.90 bits per heavy atom. The summed E-state index contributed by atoms with van der Waals surface area (Å²) in [6.07, 6.45) is 7.59. The van der Waals surface area contributed by atoms with E-state index < -0.39 is 0 Å². The van der Waals surface area contributed by atoms with Gasteiger partial charge in [-0.2, -0.15) is 0 Å². The van der Waals surface area contributed by atoms with Crippen LogP contribution in [0, 0.1) is 0 Å². The second kappa shape index (κ2) is 9.45. The van der Waals surface area contributed by atoms with Crippen molar-refractivity contribution >= 4 is 56.2 Å². The van der Waals surface area contributed by atoms with Gasteiger partial charge in [-0.05, 0) is 42.7 Å². The molecule has 1 saturated heterocycles. The normalized spacial score (nSPS) is 19.2. The number of ether oxygens (including phenoxy) is 1. The molecule has 0 unspecified atom stereocenters. The van der Waals surface area contributed by atoms with Gasteiger partial charge in [0.1, 0.15) is 16.7 Å². The van der Waals surface area contributed by atoms with Crippen molar-refractivity contribution in [2.24, 2.45) is 0 Å². The van der Waals surface area contributed by atoms with E-state index in [0.717, 1.165) is 34.2 Å². The van der Waals surface area contributed by atoms with Crippen molar-refractivity contribution in [1.82, 2.24) is 4.90 Å². The summed E-state index contributed by atoms with van der Waals surface area (Å²) in [5, 5.41) is 0. The molecule has 0 N–H and O–H groups in total. The van der Waals surface area contributed by atoms with Crippen LogP contribution < -0.4 is 4.74 Å². The van der Waals surface area contributed by atoms with Crippen LogP contribution in [0.2, 0.25) is 0 Å².